The van der Waals surface area contributed by atoms with Crippen molar-refractivity contribution < 1.29 is 22.7 Å². The summed E-state index contributed by atoms with van der Waals surface area (Å²) >= 11 is 5.94. The van der Waals surface area contributed by atoms with Crippen LogP contribution in [0.4, 0.5) is 18.9 Å². The molecule has 0 radical (unpaired) electrons. The lowest BCUT2D eigenvalue weighted by Crippen LogP contribution is -2.16. The van der Waals surface area contributed by atoms with E-state index in [2.05, 4.69) is 30.7 Å². The van der Waals surface area contributed by atoms with Gasteiger partial charge in [0.25, 0.3) is 0 Å². The summed E-state index contributed by atoms with van der Waals surface area (Å²) in [6.07, 6.45) is -4.02. The largest absolute Gasteiger partial charge is 0.573 e. The summed E-state index contributed by atoms with van der Waals surface area (Å²) < 4.78 is 41.4. The first-order valence-electron chi connectivity index (χ1n) is 10.6. The van der Waals surface area contributed by atoms with Crippen LogP contribution in [-0.4, -0.2) is 32.9 Å². The van der Waals surface area contributed by atoms with Crippen LogP contribution in [0.1, 0.15) is 17.9 Å². The Hall–Kier alpha value is -3.92. The molecule has 1 amide bonds. The number of halogens is 4. The molecule has 0 saturated heterocycles. The summed E-state index contributed by atoms with van der Waals surface area (Å²) in [5.74, 6) is -0.0905. The molecule has 1 fully saturated rings. The summed E-state index contributed by atoms with van der Waals surface area (Å²) in [5.41, 5.74) is 3.46. The second-order valence-electron chi connectivity index (χ2n) is 8.07. The number of aromatic nitrogens is 4. The highest BCUT2D eigenvalue weighted by Crippen LogP contribution is 2.48. The minimum Gasteiger partial charge on any atom is -0.406 e. The van der Waals surface area contributed by atoms with Gasteiger partial charge in [0, 0.05) is 22.2 Å². The molecular weight excluding hydrogens is 483 g/mol. The molecule has 2 N–H and O–H groups in total. The molecule has 4 aromatic rings. The van der Waals surface area contributed by atoms with E-state index in [1.807, 2.05) is 24.3 Å². The van der Waals surface area contributed by atoms with Gasteiger partial charge in [-0.05, 0) is 75.9 Å². The number of H-pyrrole nitrogens is 1. The lowest BCUT2D eigenvalue weighted by molar-refractivity contribution is -0.274. The molecule has 0 bridgehead atoms. The molecule has 3 aromatic carbocycles. The average molecular weight is 500 g/mol. The summed E-state index contributed by atoms with van der Waals surface area (Å²) in [6, 6.07) is 18.1. The minimum absolute atomic E-state index is 0.104. The Morgan fingerprint density at radius 2 is 1.77 bits per heavy atom. The maximum Gasteiger partial charge on any atom is 0.573 e. The van der Waals surface area contributed by atoms with Crippen LogP contribution in [0.3, 0.4) is 0 Å². The van der Waals surface area contributed by atoms with Crippen LogP contribution in [0.5, 0.6) is 5.75 Å². The number of ether oxygens (including phenoxy) is 1. The molecule has 1 aliphatic carbocycles. The highest BCUT2D eigenvalue weighted by Gasteiger charge is 2.43. The van der Waals surface area contributed by atoms with Crippen molar-refractivity contribution in [2.24, 2.45) is 5.92 Å². The van der Waals surface area contributed by atoms with E-state index in [0.717, 1.165) is 12.0 Å². The molecule has 178 valence electrons. The zero-order valence-electron chi connectivity index (χ0n) is 17.9. The monoisotopic (exact) mass is 499 g/mol. The van der Waals surface area contributed by atoms with Crippen molar-refractivity contribution in [2.75, 3.05) is 5.32 Å². The van der Waals surface area contributed by atoms with Crippen LogP contribution in [0.2, 0.25) is 5.02 Å². The predicted octanol–water partition coefficient (Wildman–Crippen LogP) is 5.83. The van der Waals surface area contributed by atoms with Gasteiger partial charge < -0.3 is 10.1 Å². The van der Waals surface area contributed by atoms with Crippen molar-refractivity contribution in [3.05, 3.63) is 77.3 Å². The van der Waals surface area contributed by atoms with Gasteiger partial charge in [0.15, 0.2) is 5.82 Å². The standard InChI is InChI=1S/C24H17ClF3N5O2/c25-15-5-1-14(2-6-15)19-12-21(19)23(34)29-16-7-10-18(20(11-16)22-30-32-33-31-22)13-3-8-17(9-4-13)35-24(26,27)28/h1-11,19,21H,12H2,(H,29,34)(H,30,31,32,33). The first kappa shape index (κ1) is 22.9. The normalized spacial score (nSPS) is 17.1. The van der Waals surface area contributed by atoms with Crippen molar-refractivity contribution in [3.63, 3.8) is 0 Å². The number of anilines is 1. The van der Waals surface area contributed by atoms with Gasteiger partial charge in [0.05, 0.1) is 0 Å². The molecular formula is C24H17ClF3N5O2. The third kappa shape index (κ3) is 5.27. The van der Waals surface area contributed by atoms with Gasteiger partial charge in [-0.3, -0.25) is 4.79 Å². The summed E-state index contributed by atoms with van der Waals surface area (Å²) in [4.78, 5) is 12.8. The van der Waals surface area contributed by atoms with Gasteiger partial charge in [-0.2, -0.15) is 0 Å². The van der Waals surface area contributed by atoms with E-state index in [1.165, 1.54) is 24.3 Å². The maximum atomic E-state index is 12.8. The number of carbonyl (C=O) groups excluding carboxylic acids is 1. The van der Waals surface area contributed by atoms with Gasteiger partial charge in [0.2, 0.25) is 5.91 Å². The topological polar surface area (TPSA) is 92.8 Å². The van der Waals surface area contributed by atoms with Gasteiger partial charge in [-0.25, -0.2) is 5.10 Å². The van der Waals surface area contributed by atoms with Crippen LogP contribution in [-0.2, 0) is 4.79 Å². The lowest BCUT2D eigenvalue weighted by Gasteiger charge is -2.13. The van der Waals surface area contributed by atoms with Crippen molar-refractivity contribution in [1.82, 2.24) is 20.6 Å². The van der Waals surface area contributed by atoms with E-state index in [4.69, 9.17) is 11.6 Å². The number of hydrogen-bond donors (Lipinski definition) is 2. The maximum absolute atomic E-state index is 12.8. The zero-order valence-corrected chi connectivity index (χ0v) is 18.6. The number of aromatic amines is 1. The smallest absolute Gasteiger partial charge is 0.406 e. The molecule has 5 rings (SSSR count). The third-order valence-corrected chi connectivity index (χ3v) is 5.96. The number of benzene rings is 3. The van der Waals surface area contributed by atoms with Crippen LogP contribution < -0.4 is 10.1 Å². The van der Waals surface area contributed by atoms with Crippen molar-refractivity contribution in [3.8, 4) is 28.3 Å². The van der Waals surface area contributed by atoms with Gasteiger partial charge in [0.1, 0.15) is 5.75 Å². The Morgan fingerprint density at radius 1 is 1.03 bits per heavy atom. The fourth-order valence-electron chi connectivity index (χ4n) is 3.98. The minimum atomic E-state index is -4.77. The highest BCUT2D eigenvalue weighted by molar-refractivity contribution is 6.30. The molecule has 1 aliphatic rings. The second-order valence-corrected chi connectivity index (χ2v) is 8.51. The van der Waals surface area contributed by atoms with E-state index >= 15 is 0 Å². The van der Waals surface area contributed by atoms with Crippen molar-refractivity contribution in [2.45, 2.75) is 18.7 Å². The fraction of sp³-hybridized carbons (Fsp3) is 0.167. The van der Waals surface area contributed by atoms with Crippen molar-refractivity contribution >= 4 is 23.2 Å². The molecule has 0 spiro atoms. The fourth-order valence-corrected chi connectivity index (χ4v) is 4.10. The highest BCUT2D eigenvalue weighted by atomic mass is 35.5. The molecule has 2 unspecified atom stereocenters. The number of nitrogens with zero attached hydrogens (tertiary/aromatic N) is 3. The van der Waals surface area contributed by atoms with E-state index in [9.17, 15) is 18.0 Å². The number of nitrogens with one attached hydrogen (secondary N) is 2. The predicted molar refractivity (Wildman–Crippen MR) is 123 cm³/mol. The lowest BCUT2D eigenvalue weighted by atomic mass is 9.98. The van der Waals surface area contributed by atoms with E-state index < -0.39 is 6.36 Å². The van der Waals surface area contributed by atoms with Gasteiger partial charge in [-0.15, -0.1) is 18.3 Å². The number of hydrogen-bond acceptors (Lipinski definition) is 5. The molecule has 1 saturated carbocycles. The Kier molecular flexibility index (Phi) is 5.89. The van der Waals surface area contributed by atoms with Crippen LogP contribution >= 0.6 is 11.6 Å². The van der Waals surface area contributed by atoms with E-state index in [-0.39, 0.29) is 23.5 Å². The van der Waals surface area contributed by atoms with Gasteiger partial charge in [-0.1, -0.05) is 41.9 Å². The molecule has 0 aliphatic heterocycles. The van der Waals surface area contributed by atoms with E-state index in [0.29, 0.717) is 33.2 Å². The quantitative estimate of drug-likeness (QED) is 0.348. The zero-order chi connectivity index (χ0) is 24.6. The van der Waals surface area contributed by atoms with Crippen LogP contribution in [0, 0.1) is 5.92 Å². The Bertz CT molecular complexity index is 1340. The number of tetrazole rings is 1. The van der Waals surface area contributed by atoms with Gasteiger partial charge >= 0.3 is 6.36 Å². The summed E-state index contributed by atoms with van der Waals surface area (Å²) in [5, 5.41) is 17.4. The molecule has 35 heavy (non-hydrogen) atoms. The Balaban J connectivity index is 1.37. The van der Waals surface area contributed by atoms with Crippen molar-refractivity contribution in [1.29, 1.82) is 0 Å². The molecule has 7 nitrogen and oxygen atoms in total. The number of amides is 1. The Morgan fingerprint density at radius 3 is 2.43 bits per heavy atom. The third-order valence-electron chi connectivity index (χ3n) is 5.71. The SMILES string of the molecule is O=C(Nc1ccc(-c2ccc(OC(F)(F)F)cc2)c(-c2nnn[nH]2)c1)C1CC1c1ccc(Cl)cc1. The average Bonchev–Trinajstić information content (AvgIpc) is 3.43. The first-order valence-corrected chi connectivity index (χ1v) is 11.0. The molecule has 1 aromatic heterocycles. The van der Waals surface area contributed by atoms with Crippen LogP contribution in [0.25, 0.3) is 22.5 Å². The molecule has 11 heteroatoms. The molecule has 2 atom stereocenters. The summed E-state index contributed by atoms with van der Waals surface area (Å²) in [7, 11) is 0. The second kappa shape index (κ2) is 9.03. The summed E-state index contributed by atoms with van der Waals surface area (Å²) in [6.45, 7) is 0. The Labute approximate surface area is 202 Å². The van der Waals surface area contributed by atoms with Crippen LogP contribution in [0.15, 0.2) is 66.7 Å². The first-order chi connectivity index (χ1) is 16.8. The van der Waals surface area contributed by atoms with E-state index in [1.54, 1.807) is 18.2 Å². The molecule has 1 heterocycles. The number of rotatable bonds is 6. The number of carbonyl (C=O) groups is 1. The number of alkyl halides is 3.